The van der Waals surface area contributed by atoms with Crippen LogP contribution < -0.4 is 5.73 Å². The second-order valence-corrected chi connectivity index (χ2v) is 5.26. The fourth-order valence-corrected chi connectivity index (χ4v) is 2.73. The molecule has 0 aromatic carbocycles. The number of rotatable bonds is 5. The van der Waals surface area contributed by atoms with Crippen LogP contribution in [0.15, 0.2) is 0 Å². The summed E-state index contributed by atoms with van der Waals surface area (Å²) in [4.78, 5) is 11.5. The Hall–Kier alpha value is -0.570. The van der Waals surface area contributed by atoms with E-state index in [1.807, 2.05) is 13.8 Å². The number of ether oxygens (including phenoxy) is 1. The lowest BCUT2D eigenvalue weighted by atomic mass is 9.64. The lowest BCUT2D eigenvalue weighted by Crippen LogP contribution is -2.53. The quantitative estimate of drug-likeness (QED) is 0.711. The van der Waals surface area contributed by atoms with Gasteiger partial charge in [-0.3, -0.25) is 4.79 Å². The molecule has 15 heavy (non-hydrogen) atoms. The molecular weight excluding hydrogens is 190 g/mol. The first-order chi connectivity index (χ1) is 6.87. The third kappa shape index (κ3) is 2.33. The van der Waals surface area contributed by atoms with Crippen LogP contribution in [0.4, 0.5) is 0 Å². The van der Waals surface area contributed by atoms with Gasteiger partial charge in [-0.15, -0.1) is 0 Å². The number of nitrogens with two attached hydrogens (primary N) is 1. The Bertz CT molecular complexity index is 240. The predicted molar refractivity (Wildman–Crippen MR) is 60.3 cm³/mol. The van der Waals surface area contributed by atoms with Crippen LogP contribution in [-0.2, 0) is 9.53 Å². The maximum atomic E-state index is 11.5. The smallest absolute Gasteiger partial charge is 0.306 e. The van der Waals surface area contributed by atoms with Crippen molar-refractivity contribution in [1.29, 1.82) is 0 Å². The minimum absolute atomic E-state index is 0.0832. The maximum absolute atomic E-state index is 11.5. The van der Waals surface area contributed by atoms with E-state index in [1.165, 1.54) is 20.0 Å². The summed E-state index contributed by atoms with van der Waals surface area (Å²) in [5.41, 5.74) is 5.86. The first-order valence-electron chi connectivity index (χ1n) is 5.73. The monoisotopic (exact) mass is 213 g/mol. The third-order valence-electron chi connectivity index (χ3n) is 3.96. The van der Waals surface area contributed by atoms with E-state index in [2.05, 4.69) is 6.92 Å². The van der Waals surface area contributed by atoms with E-state index >= 15 is 0 Å². The summed E-state index contributed by atoms with van der Waals surface area (Å²) in [6, 6.07) is 0. The van der Waals surface area contributed by atoms with Gasteiger partial charge in [0.2, 0.25) is 0 Å². The topological polar surface area (TPSA) is 52.3 Å². The highest BCUT2D eigenvalue weighted by molar-refractivity contribution is 5.70. The van der Waals surface area contributed by atoms with Crippen LogP contribution in [0, 0.1) is 11.3 Å². The zero-order chi connectivity index (χ0) is 11.7. The molecule has 1 saturated carbocycles. The number of hydrogen-bond acceptors (Lipinski definition) is 3. The van der Waals surface area contributed by atoms with E-state index in [4.69, 9.17) is 10.5 Å². The summed E-state index contributed by atoms with van der Waals surface area (Å²) in [5, 5.41) is 0. The molecule has 0 aliphatic heterocycles. The predicted octanol–water partition coefficient (Wildman–Crippen LogP) is 2.09. The van der Waals surface area contributed by atoms with Gasteiger partial charge < -0.3 is 10.5 Å². The molecule has 1 rings (SSSR count). The highest BCUT2D eigenvalue weighted by Gasteiger charge is 2.52. The standard InChI is InChI=1S/C12H23NO2/c1-5-12(9-6-7-9,11(2,3)13)8-10(14)15-4/h9H,5-8,13H2,1-4H3. The summed E-state index contributed by atoms with van der Waals surface area (Å²) in [5.74, 6) is 0.462. The summed E-state index contributed by atoms with van der Waals surface area (Å²) in [6.07, 6.45) is 3.79. The van der Waals surface area contributed by atoms with Crippen LogP contribution in [0.25, 0.3) is 0 Å². The number of esters is 1. The SMILES string of the molecule is CCC(CC(=O)OC)(C1CC1)C(C)(C)N. The number of hydrogen-bond donors (Lipinski definition) is 1. The van der Waals surface area contributed by atoms with Gasteiger partial charge in [0, 0.05) is 11.0 Å². The van der Waals surface area contributed by atoms with Gasteiger partial charge in [0.1, 0.15) is 0 Å². The summed E-state index contributed by atoms with van der Waals surface area (Å²) in [7, 11) is 1.44. The lowest BCUT2D eigenvalue weighted by molar-refractivity contribution is -0.145. The van der Waals surface area contributed by atoms with Crippen LogP contribution in [0.2, 0.25) is 0 Å². The van der Waals surface area contributed by atoms with Crippen molar-refractivity contribution in [1.82, 2.24) is 0 Å². The largest absolute Gasteiger partial charge is 0.469 e. The molecule has 1 unspecified atom stereocenters. The average Bonchev–Trinajstić information content (AvgIpc) is 2.95. The van der Waals surface area contributed by atoms with Gasteiger partial charge in [-0.1, -0.05) is 6.92 Å². The van der Waals surface area contributed by atoms with E-state index in [9.17, 15) is 4.79 Å². The molecule has 0 heterocycles. The van der Waals surface area contributed by atoms with Crippen molar-refractivity contribution >= 4 is 5.97 Å². The van der Waals surface area contributed by atoms with E-state index in [0.29, 0.717) is 12.3 Å². The van der Waals surface area contributed by atoms with Crippen LogP contribution in [0.3, 0.4) is 0 Å². The molecule has 1 atom stereocenters. The van der Waals surface area contributed by atoms with Crippen molar-refractivity contribution in [3.8, 4) is 0 Å². The molecule has 0 aromatic rings. The zero-order valence-electron chi connectivity index (χ0n) is 10.3. The Morgan fingerprint density at radius 2 is 2.00 bits per heavy atom. The molecule has 88 valence electrons. The van der Waals surface area contributed by atoms with Gasteiger partial charge in [-0.05, 0) is 39.0 Å². The van der Waals surface area contributed by atoms with Crippen LogP contribution in [0.1, 0.15) is 46.5 Å². The number of carbonyl (C=O) groups is 1. The fourth-order valence-electron chi connectivity index (χ4n) is 2.73. The van der Waals surface area contributed by atoms with Crippen molar-refractivity contribution in [2.24, 2.45) is 17.1 Å². The molecule has 2 N–H and O–H groups in total. The normalized spacial score (nSPS) is 20.9. The molecule has 0 aromatic heterocycles. The molecule has 0 amide bonds. The van der Waals surface area contributed by atoms with Crippen LogP contribution in [0.5, 0.6) is 0 Å². The van der Waals surface area contributed by atoms with Crippen molar-refractivity contribution in [3.63, 3.8) is 0 Å². The van der Waals surface area contributed by atoms with Gasteiger partial charge in [0.15, 0.2) is 0 Å². The summed E-state index contributed by atoms with van der Waals surface area (Å²) < 4.78 is 4.79. The highest BCUT2D eigenvalue weighted by atomic mass is 16.5. The van der Waals surface area contributed by atoms with Gasteiger partial charge in [-0.25, -0.2) is 0 Å². The summed E-state index contributed by atoms with van der Waals surface area (Å²) >= 11 is 0. The summed E-state index contributed by atoms with van der Waals surface area (Å²) in [6.45, 7) is 6.17. The van der Waals surface area contributed by atoms with Crippen LogP contribution >= 0.6 is 0 Å². The molecule has 3 nitrogen and oxygen atoms in total. The molecule has 0 spiro atoms. The van der Waals surface area contributed by atoms with Gasteiger partial charge in [-0.2, -0.15) is 0 Å². The molecule has 0 radical (unpaired) electrons. The number of methoxy groups -OCH3 is 1. The van der Waals surface area contributed by atoms with Crippen molar-refractivity contribution < 1.29 is 9.53 Å². The highest BCUT2D eigenvalue weighted by Crippen LogP contribution is 2.55. The zero-order valence-corrected chi connectivity index (χ0v) is 10.3. The average molecular weight is 213 g/mol. The first kappa shape index (κ1) is 12.5. The first-order valence-corrected chi connectivity index (χ1v) is 5.73. The van der Waals surface area contributed by atoms with Crippen molar-refractivity contribution in [2.45, 2.75) is 52.0 Å². The number of carbonyl (C=O) groups excluding carboxylic acids is 1. The Kier molecular flexibility index (Phi) is 3.44. The van der Waals surface area contributed by atoms with Crippen molar-refractivity contribution in [2.75, 3.05) is 7.11 Å². The van der Waals surface area contributed by atoms with Gasteiger partial charge >= 0.3 is 5.97 Å². The Morgan fingerprint density at radius 3 is 2.27 bits per heavy atom. The van der Waals surface area contributed by atoms with Crippen LogP contribution in [-0.4, -0.2) is 18.6 Å². The Balaban J connectivity index is 2.88. The molecule has 0 bridgehead atoms. The molecule has 0 saturated heterocycles. The second kappa shape index (κ2) is 4.12. The maximum Gasteiger partial charge on any atom is 0.306 e. The van der Waals surface area contributed by atoms with Crippen molar-refractivity contribution in [3.05, 3.63) is 0 Å². The minimum Gasteiger partial charge on any atom is -0.469 e. The fraction of sp³-hybridized carbons (Fsp3) is 0.917. The van der Waals surface area contributed by atoms with Gasteiger partial charge in [0.25, 0.3) is 0 Å². The van der Waals surface area contributed by atoms with E-state index < -0.39 is 0 Å². The van der Waals surface area contributed by atoms with E-state index in [-0.39, 0.29) is 16.9 Å². The molecule has 1 fully saturated rings. The Labute approximate surface area is 92.4 Å². The van der Waals surface area contributed by atoms with Gasteiger partial charge in [0.05, 0.1) is 13.5 Å². The molecule has 1 aliphatic rings. The minimum atomic E-state index is -0.322. The lowest BCUT2D eigenvalue weighted by Gasteiger charge is -2.44. The Morgan fingerprint density at radius 1 is 1.47 bits per heavy atom. The molecule has 1 aliphatic carbocycles. The van der Waals surface area contributed by atoms with E-state index in [0.717, 1.165) is 6.42 Å². The van der Waals surface area contributed by atoms with E-state index in [1.54, 1.807) is 0 Å². The molecule has 3 heteroatoms. The molecular formula is C12H23NO2. The second-order valence-electron chi connectivity index (χ2n) is 5.26. The third-order valence-corrected chi connectivity index (χ3v) is 3.96.